The number of hydrogen-bond donors (Lipinski definition) is 1. The zero-order chi connectivity index (χ0) is 13.1. The average molecular weight is 250 g/mol. The summed E-state index contributed by atoms with van der Waals surface area (Å²) in [5.41, 5.74) is 2.11. The first kappa shape index (κ1) is 11.7. The first-order valence-electron chi connectivity index (χ1n) is 6.30. The maximum atomic E-state index is 10.5. The number of hydrogen-bond acceptors (Lipinski definition) is 2. The largest absolute Gasteiger partial charge is 0.345 e. The number of nitrogens with zero attached hydrogens (tertiary/aromatic N) is 1. The lowest BCUT2D eigenvalue weighted by Crippen LogP contribution is -1.93. The van der Waals surface area contributed by atoms with Gasteiger partial charge in [-0.05, 0) is 16.3 Å². The Morgan fingerprint density at radius 1 is 1.11 bits per heavy atom. The van der Waals surface area contributed by atoms with Gasteiger partial charge in [-0.2, -0.15) is 0 Å². The van der Waals surface area contributed by atoms with Gasteiger partial charge in [-0.3, -0.25) is 0 Å². The van der Waals surface area contributed by atoms with Crippen molar-refractivity contribution >= 4 is 17.1 Å². The molecule has 2 aromatic carbocycles. The van der Waals surface area contributed by atoms with Crippen LogP contribution >= 0.6 is 0 Å². The minimum Gasteiger partial charge on any atom is -0.345 e. The lowest BCUT2D eigenvalue weighted by molar-refractivity contribution is -0.107. The zero-order valence-corrected chi connectivity index (χ0v) is 10.5. The molecule has 1 heterocycles. The van der Waals surface area contributed by atoms with Crippen LogP contribution in [0.4, 0.5) is 0 Å². The highest BCUT2D eigenvalue weighted by atomic mass is 16.1. The van der Waals surface area contributed by atoms with Gasteiger partial charge in [-0.25, -0.2) is 4.98 Å². The molecule has 94 valence electrons. The second kappa shape index (κ2) is 5.06. The molecule has 0 saturated carbocycles. The van der Waals surface area contributed by atoms with Crippen molar-refractivity contribution in [1.29, 1.82) is 0 Å². The van der Waals surface area contributed by atoms with Gasteiger partial charge in [0.05, 0.1) is 0 Å². The molecule has 0 radical (unpaired) electrons. The molecular formula is C16H14N2O. The number of fused-ring (bicyclic) bond motifs is 1. The molecule has 3 rings (SSSR count). The van der Waals surface area contributed by atoms with Gasteiger partial charge in [0.2, 0.25) is 0 Å². The summed E-state index contributed by atoms with van der Waals surface area (Å²) < 4.78 is 0. The van der Waals surface area contributed by atoms with Gasteiger partial charge in [0, 0.05) is 24.7 Å². The van der Waals surface area contributed by atoms with Crippen molar-refractivity contribution in [2.45, 2.75) is 12.8 Å². The Hall–Kier alpha value is -2.42. The van der Waals surface area contributed by atoms with E-state index in [0.29, 0.717) is 6.42 Å². The Morgan fingerprint density at radius 3 is 2.84 bits per heavy atom. The monoisotopic (exact) mass is 250 g/mol. The van der Waals surface area contributed by atoms with E-state index in [0.717, 1.165) is 24.2 Å². The number of rotatable bonds is 4. The molecule has 0 spiro atoms. The van der Waals surface area contributed by atoms with Crippen molar-refractivity contribution in [3.63, 3.8) is 0 Å². The minimum absolute atomic E-state index is 0.391. The first-order valence-corrected chi connectivity index (χ1v) is 6.30. The topological polar surface area (TPSA) is 45.8 Å². The van der Waals surface area contributed by atoms with Crippen molar-refractivity contribution in [3.8, 4) is 0 Å². The SMILES string of the molecule is O=CCc1cnc(Cc2cccc3ccccc23)[nH]1. The first-order chi connectivity index (χ1) is 9.36. The summed E-state index contributed by atoms with van der Waals surface area (Å²) in [7, 11) is 0. The third-order valence-corrected chi connectivity index (χ3v) is 3.22. The highest BCUT2D eigenvalue weighted by molar-refractivity contribution is 5.85. The van der Waals surface area contributed by atoms with Gasteiger partial charge in [0.25, 0.3) is 0 Å². The van der Waals surface area contributed by atoms with E-state index in [1.54, 1.807) is 6.20 Å². The van der Waals surface area contributed by atoms with Crippen LogP contribution in [0.2, 0.25) is 0 Å². The molecule has 0 unspecified atom stereocenters. The number of H-pyrrole nitrogens is 1. The fourth-order valence-corrected chi connectivity index (χ4v) is 2.32. The van der Waals surface area contributed by atoms with E-state index in [4.69, 9.17) is 0 Å². The Kier molecular flexibility index (Phi) is 3.11. The summed E-state index contributed by atoms with van der Waals surface area (Å²) in [5.74, 6) is 0.896. The van der Waals surface area contributed by atoms with Gasteiger partial charge < -0.3 is 9.78 Å². The van der Waals surface area contributed by atoms with Gasteiger partial charge in [-0.15, -0.1) is 0 Å². The third kappa shape index (κ3) is 2.40. The van der Waals surface area contributed by atoms with E-state index in [9.17, 15) is 4.79 Å². The van der Waals surface area contributed by atoms with Crippen LogP contribution in [0.3, 0.4) is 0 Å². The molecule has 0 aliphatic heterocycles. The Labute approximate surface area is 111 Å². The number of imidazole rings is 1. The number of nitrogens with one attached hydrogen (secondary N) is 1. The fraction of sp³-hybridized carbons (Fsp3) is 0.125. The number of benzene rings is 2. The summed E-state index contributed by atoms with van der Waals surface area (Å²) in [6.45, 7) is 0. The smallest absolute Gasteiger partial charge is 0.125 e. The highest BCUT2D eigenvalue weighted by Crippen LogP contribution is 2.20. The van der Waals surface area contributed by atoms with E-state index in [1.165, 1.54) is 16.3 Å². The van der Waals surface area contributed by atoms with Gasteiger partial charge in [0.1, 0.15) is 12.1 Å². The normalized spacial score (nSPS) is 10.7. The van der Waals surface area contributed by atoms with Crippen molar-refractivity contribution in [2.75, 3.05) is 0 Å². The van der Waals surface area contributed by atoms with Gasteiger partial charge in [-0.1, -0.05) is 42.5 Å². The number of carbonyl (C=O) groups is 1. The van der Waals surface area contributed by atoms with E-state index >= 15 is 0 Å². The van der Waals surface area contributed by atoms with Crippen LogP contribution < -0.4 is 0 Å². The highest BCUT2D eigenvalue weighted by Gasteiger charge is 2.05. The quantitative estimate of drug-likeness (QED) is 0.724. The number of aldehydes is 1. The minimum atomic E-state index is 0.391. The van der Waals surface area contributed by atoms with Crippen LogP contribution in [0, 0.1) is 0 Å². The van der Waals surface area contributed by atoms with E-state index < -0.39 is 0 Å². The summed E-state index contributed by atoms with van der Waals surface area (Å²) in [4.78, 5) is 18.0. The predicted octanol–water partition coefficient (Wildman–Crippen LogP) is 2.90. The van der Waals surface area contributed by atoms with E-state index in [1.807, 2.05) is 12.1 Å². The maximum absolute atomic E-state index is 10.5. The maximum Gasteiger partial charge on any atom is 0.125 e. The molecule has 0 atom stereocenters. The molecule has 0 fully saturated rings. The molecule has 19 heavy (non-hydrogen) atoms. The Bertz CT molecular complexity index is 710. The fourth-order valence-electron chi connectivity index (χ4n) is 2.32. The number of aromatic amines is 1. The van der Waals surface area contributed by atoms with Gasteiger partial charge >= 0.3 is 0 Å². The number of carbonyl (C=O) groups excluding carboxylic acids is 1. The lowest BCUT2D eigenvalue weighted by Gasteiger charge is -2.04. The van der Waals surface area contributed by atoms with Crippen LogP contribution in [-0.4, -0.2) is 16.3 Å². The molecular weight excluding hydrogens is 236 g/mol. The molecule has 1 N–H and O–H groups in total. The van der Waals surface area contributed by atoms with E-state index in [-0.39, 0.29) is 0 Å². The second-order valence-electron chi connectivity index (χ2n) is 4.54. The summed E-state index contributed by atoms with van der Waals surface area (Å²) >= 11 is 0. The molecule has 3 aromatic rings. The summed E-state index contributed by atoms with van der Waals surface area (Å²) in [6, 6.07) is 14.6. The van der Waals surface area contributed by atoms with Crippen molar-refractivity contribution < 1.29 is 4.79 Å². The van der Waals surface area contributed by atoms with Crippen LogP contribution in [0.25, 0.3) is 10.8 Å². The summed E-state index contributed by atoms with van der Waals surface area (Å²) in [5, 5.41) is 2.48. The lowest BCUT2D eigenvalue weighted by atomic mass is 10.0. The van der Waals surface area contributed by atoms with Crippen LogP contribution in [0.15, 0.2) is 48.7 Å². The van der Waals surface area contributed by atoms with Crippen LogP contribution in [0.5, 0.6) is 0 Å². The third-order valence-electron chi connectivity index (χ3n) is 3.22. The molecule has 0 aliphatic carbocycles. The van der Waals surface area contributed by atoms with Gasteiger partial charge in [0.15, 0.2) is 0 Å². The molecule has 0 saturated heterocycles. The predicted molar refractivity (Wildman–Crippen MR) is 75.1 cm³/mol. The Morgan fingerprint density at radius 2 is 1.95 bits per heavy atom. The molecule has 1 aromatic heterocycles. The number of aromatic nitrogens is 2. The standard InChI is InChI=1S/C16H14N2O/c19-9-8-14-11-17-16(18-14)10-13-6-3-5-12-4-1-2-7-15(12)13/h1-7,9,11H,8,10H2,(H,17,18). The van der Waals surface area contributed by atoms with Crippen molar-refractivity contribution in [2.24, 2.45) is 0 Å². The molecule has 3 heteroatoms. The van der Waals surface area contributed by atoms with E-state index in [2.05, 4.69) is 40.3 Å². The Balaban J connectivity index is 1.94. The zero-order valence-electron chi connectivity index (χ0n) is 10.5. The average Bonchev–Trinajstić information content (AvgIpc) is 2.87. The van der Waals surface area contributed by atoms with Crippen LogP contribution in [0.1, 0.15) is 17.1 Å². The van der Waals surface area contributed by atoms with Crippen LogP contribution in [-0.2, 0) is 17.6 Å². The van der Waals surface area contributed by atoms with Crippen molar-refractivity contribution in [3.05, 3.63) is 65.7 Å². The second-order valence-corrected chi connectivity index (χ2v) is 4.54. The summed E-state index contributed by atoms with van der Waals surface area (Å²) in [6.07, 6.45) is 3.76. The molecule has 0 bridgehead atoms. The molecule has 3 nitrogen and oxygen atoms in total. The molecule has 0 amide bonds. The van der Waals surface area contributed by atoms with Crippen molar-refractivity contribution in [1.82, 2.24) is 9.97 Å². The molecule has 0 aliphatic rings.